The second-order valence-electron chi connectivity index (χ2n) is 4.35. The first-order valence-corrected chi connectivity index (χ1v) is 4.57. The van der Waals surface area contributed by atoms with Crippen LogP contribution in [0.2, 0.25) is 0 Å². The van der Waals surface area contributed by atoms with Gasteiger partial charge in [0.05, 0.1) is 0 Å². The van der Waals surface area contributed by atoms with Crippen LogP contribution in [0.4, 0.5) is 0 Å². The summed E-state index contributed by atoms with van der Waals surface area (Å²) in [5.41, 5.74) is 1.31. The molecule has 0 aliphatic carbocycles. The Labute approximate surface area is 83.7 Å². The number of nitrogens with zero attached hydrogens (tertiary/aromatic N) is 1. The van der Waals surface area contributed by atoms with E-state index in [-0.39, 0.29) is 17.7 Å². The Kier molecular flexibility index (Phi) is 2.89. The third kappa shape index (κ3) is 2.10. The number of para-hydroxylation sites is 1. The number of hydrogen-bond acceptors (Lipinski definition) is 3. The molecule has 3 nitrogen and oxygen atoms in total. The van der Waals surface area contributed by atoms with Gasteiger partial charge in [0.25, 0.3) is 0 Å². The molecule has 0 aliphatic heterocycles. The van der Waals surface area contributed by atoms with Crippen LogP contribution in [0.25, 0.3) is 0 Å². The van der Waals surface area contributed by atoms with Crippen LogP contribution in [-0.2, 0) is 12.0 Å². The average molecular weight is 193 g/mol. The van der Waals surface area contributed by atoms with E-state index in [2.05, 4.69) is 5.18 Å². The van der Waals surface area contributed by atoms with Crippen LogP contribution in [-0.4, -0.2) is 5.11 Å². The van der Waals surface area contributed by atoms with Gasteiger partial charge in [-0.1, -0.05) is 44.1 Å². The van der Waals surface area contributed by atoms with Gasteiger partial charge in [-0.15, -0.1) is 0 Å². The van der Waals surface area contributed by atoms with Gasteiger partial charge in [-0.2, -0.15) is 4.91 Å². The normalized spacial score (nSPS) is 11.4. The molecule has 14 heavy (non-hydrogen) atoms. The van der Waals surface area contributed by atoms with Gasteiger partial charge >= 0.3 is 0 Å². The van der Waals surface area contributed by atoms with Crippen molar-refractivity contribution in [2.45, 2.75) is 32.7 Å². The number of nitroso groups, excluding NO2 is 1. The average Bonchev–Trinajstić information content (AvgIpc) is 2.07. The van der Waals surface area contributed by atoms with Crippen LogP contribution < -0.4 is 0 Å². The molecule has 76 valence electrons. The fraction of sp³-hybridized carbons (Fsp3) is 0.455. The molecule has 0 unspecified atom stereocenters. The van der Waals surface area contributed by atoms with Gasteiger partial charge in [-0.25, -0.2) is 0 Å². The largest absolute Gasteiger partial charge is 0.507 e. The lowest BCUT2D eigenvalue weighted by Crippen LogP contribution is -2.11. The molecule has 0 amide bonds. The van der Waals surface area contributed by atoms with Crippen LogP contribution in [0.5, 0.6) is 5.75 Å². The van der Waals surface area contributed by atoms with Crippen LogP contribution in [0.15, 0.2) is 23.4 Å². The minimum Gasteiger partial charge on any atom is -0.507 e. The first kappa shape index (κ1) is 10.7. The van der Waals surface area contributed by atoms with E-state index in [4.69, 9.17) is 0 Å². The highest BCUT2D eigenvalue weighted by Gasteiger charge is 2.19. The maximum absolute atomic E-state index is 10.1. The van der Waals surface area contributed by atoms with Crippen molar-refractivity contribution >= 4 is 0 Å². The van der Waals surface area contributed by atoms with Gasteiger partial charge < -0.3 is 5.11 Å². The van der Waals surface area contributed by atoms with Crippen molar-refractivity contribution in [3.63, 3.8) is 0 Å². The Balaban J connectivity index is 3.20. The predicted molar refractivity (Wildman–Crippen MR) is 56.3 cm³/mol. The maximum atomic E-state index is 10.1. The number of aromatic hydroxyl groups is 1. The molecule has 1 N–H and O–H groups in total. The molecule has 0 fully saturated rings. The number of rotatable bonds is 2. The van der Waals surface area contributed by atoms with Crippen LogP contribution in [0.1, 0.15) is 31.9 Å². The smallest absolute Gasteiger partial charge is 0.124 e. The summed E-state index contributed by atoms with van der Waals surface area (Å²) in [6.45, 7) is 6.07. The molecule has 0 atom stereocenters. The summed E-state index contributed by atoms with van der Waals surface area (Å²) in [4.78, 5) is 10.1. The highest BCUT2D eigenvalue weighted by Crippen LogP contribution is 2.33. The summed E-state index contributed by atoms with van der Waals surface area (Å²) in [7, 11) is 0. The molecule has 1 aromatic carbocycles. The van der Waals surface area contributed by atoms with Crippen molar-refractivity contribution in [3.05, 3.63) is 34.2 Å². The molecule has 0 heterocycles. The maximum Gasteiger partial charge on any atom is 0.124 e. The van der Waals surface area contributed by atoms with E-state index in [0.717, 1.165) is 5.56 Å². The third-order valence-corrected chi connectivity index (χ3v) is 2.16. The summed E-state index contributed by atoms with van der Waals surface area (Å²) < 4.78 is 0. The number of phenolic OH excluding ortho intramolecular Hbond substituents is 1. The minimum atomic E-state index is -0.122. The number of hydrogen-bond donors (Lipinski definition) is 1. The Morgan fingerprint density at radius 1 is 1.36 bits per heavy atom. The van der Waals surface area contributed by atoms with Gasteiger partial charge in [0.1, 0.15) is 12.3 Å². The van der Waals surface area contributed by atoms with E-state index in [1.54, 1.807) is 6.07 Å². The van der Waals surface area contributed by atoms with E-state index >= 15 is 0 Å². The molecule has 0 saturated carbocycles. The van der Waals surface area contributed by atoms with Gasteiger partial charge in [-0.05, 0) is 11.0 Å². The quantitative estimate of drug-likeness (QED) is 0.734. The predicted octanol–water partition coefficient (Wildman–Crippen LogP) is 2.96. The molecule has 1 aromatic rings. The first-order chi connectivity index (χ1) is 6.46. The summed E-state index contributed by atoms with van der Waals surface area (Å²) in [5, 5.41) is 12.6. The van der Waals surface area contributed by atoms with Gasteiger partial charge in [0.2, 0.25) is 0 Å². The molecule has 3 heteroatoms. The first-order valence-electron chi connectivity index (χ1n) is 4.57. The van der Waals surface area contributed by atoms with Gasteiger partial charge in [0, 0.05) is 5.56 Å². The lowest BCUT2D eigenvalue weighted by Gasteiger charge is -2.21. The van der Waals surface area contributed by atoms with Crippen LogP contribution in [0, 0.1) is 4.91 Å². The Hall–Kier alpha value is -1.38. The second-order valence-corrected chi connectivity index (χ2v) is 4.35. The zero-order valence-electron chi connectivity index (χ0n) is 8.74. The molecule has 0 aromatic heterocycles. The number of phenols is 1. The molecule has 0 saturated heterocycles. The van der Waals surface area contributed by atoms with Crippen molar-refractivity contribution in [2.24, 2.45) is 5.18 Å². The van der Waals surface area contributed by atoms with Gasteiger partial charge in [-0.3, -0.25) is 0 Å². The Morgan fingerprint density at radius 3 is 2.50 bits per heavy atom. The van der Waals surface area contributed by atoms with Crippen molar-refractivity contribution in [1.29, 1.82) is 0 Å². The van der Waals surface area contributed by atoms with E-state index in [1.165, 1.54) is 0 Å². The lowest BCUT2D eigenvalue weighted by molar-refractivity contribution is 0.440. The molecular formula is C11H15NO2. The highest BCUT2D eigenvalue weighted by molar-refractivity contribution is 5.43. The lowest BCUT2D eigenvalue weighted by atomic mass is 9.85. The Morgan fingerprint density at radius 2 is 2.00 bits per heavy atom. The van der Waals surface area contributed by atoms with Crippen molar-refractivity contribution in [1.82, 2.24) is 0 Å². The van der Waals surface area contributed by atoms with Crippen LogP contribution >= 0.6 is 0 Å². The molecule has 0 radical (unpaired) electrons. The second kappa shape index (κ2) is 3.78. The SMILES string of the molecule is CC(C)(C)c1cccc(CN=O)c1O. The van der Waals surface area contributed by atoms with Crippen LogP contribution in [0.3, 0.4) is 0 Å². The van der Waals surface area contributed by atoms with Crippen molar-refractivity contribution in [3.8, 4) is 5.75 Å². The zero-order chi connectivity index (χ0) is 10.8. The minimum absolute atomic E-state index is 0.0236. The standard InChI is InChI=1S/C11H15NO2/c1-11(2,3)9-6-4-5-8(7-12-14)10(9)13/h4-6,13H,7H2,1-3H3. The molecule has 0 aliphatic rings. The highest BCUT2D eigenvalue weighted by atomic mass is 16.3. The topological polar surface area (TPSA) is 49.7 Å². The molecule has 0 spiro atoms. The molecule has 0 bridgehead atoms. The van der Waals surface area contributed by atoms with E-state index in [9.17, 15) is 10.0 Å². The fourth-order valence-corrected chi connectivity index (χ4v) is 1.39. The third-order valence-electron chi connectivity index (χ3n) is 2.16. The zero-order valence-corrected chi connectivity index (χ0v) is 8.74. The van der Waals surface area contributed by atoms with E-state index in [0.29, 0.717) is 5.56 Å². The summed E-state index contributed by atoms with van der Waals surface area (Å²) in [6, 6.07) is 5.41. The number of benzene rings is 1. The Bertz CT molecular complexity index is 340. The summed E-state index contributed by atoms with van der Waals surface area (Å²) in [5.74, 6) is 0.194. The summed E-state index contributed by atoms with van der Waals surface area (Å²) in [6.07, 6.45) is 0. The van der Waals surface area contributed by atoms with E-state index in [1.807, 2.05) is 32.9 Å². The molecule has 1 rings (SSSR count). The fourth-order valence-electron chi connectivity index (χ4n) is 1.39. The molecular weight excluding hydrogens is 178 g/mol. The van der Waals surface area contributed by atoms with E-state index < -0.39 is 0 Å². The van der Waals surface area contributed by atoms with Gasteiger partial charge in [0.15, 0.2) is 0 Å². The van der Waals surface area contributed by atoms with Crippen molar-refractivity contribution < 1.29 is 5.11 Å². The monoisotopic (exact) mass is 193 g/mol. The van der Waals surface area contributed by atoms with Crippen molar-refractivity contribution in [2.75, 3.05) is 0 Å². The summed E-state index contributed by atoms with van der Waals surface area (Å²) >= 11 is 0.